The zero-order chi connectivity index (χ0) is 15.1. The van der Waals surface area contributed by atoms with Gasteiger partial charge in [-0.1, -0.05) is 19.8 Å². The lowest BCUT2D eigenvalue weighted by molar-refractivity contribution is 0.0701. The van der Waals surface area contributed by atoms with Crippen molar-refractivity contribution in [3.8, 4) is 0 Å². The van der Waals surface area contributed by atoms with Crippen molar-refractivity contribution in [1.82, 2.24) is 4.90 Å². The van der Waals surface area contributed by atoms with Crippen molar-refractivity contribution in [3.63, 3.8) is 0 Å². The number of nitrogens with one attached hydrogen (secondary N) is 1. The minimum absolute atomic E-state index is 0.149. The fourth-order valence-electron chi connectivity index (χ4n) is 2.34. The quantitative estimate of drug-likeness (QED) is 0.761. The van der Waals surface area contributed by atoms with Gasteiger partial charge in [-0.25, -0.2) is 0 Å². The second-order valence-corrected chi connectivity index (χ2v) is 5.58. The number of amides is 1. The normalized spacial score (nSPS) is 10.7. The van der Waals surface area contributed by atoms with Crippen LogP contribution in [0.25, 0.3) is 0 Å². The number of rotatable bonds is 7. The van der Waals surface area contributed by atoms with Crippen LogP contribution in [0.1, 0.15) is 56.0 Å². The molecule has 0 aromatic heterocycles. The third-order valence-electron chi connectivity index (χ3n) is 3.63. The molecule has 1 aromatic rings. The number of nitrogens with zero attached hydrogens (tertiary/aromatic N) is 1. The van der Waals surface area contributed by atoms with Gasteiger partial charge in [-0.15, -0.1) is 0 Å². The van der Waals surface area contributed by atoms with Gasteiger partial charge in [-0.05, 0) is 51.0 Å². The Kier molecular flexibility index (Phi) is 6.56. The predicted molar refractivity (Wildman–Crippen MR) is 86.4 cm³/mol. The molecule has 0 radical (unpaired) electrons. The van der Waals surface area contributed by atoms with Gasteiger partial charge in [-0.3, -0.25) is 4.79 Å². The molecule has 0 aliphatic rings. The number of benzene rings is 1. The molecule has 0 spiro atoms. The van der Waals surface area contributed by atoms with Crippen LogP contribution in [0.2, 0.25) is 0 Å². The lowest BCUT2D eigenvalue weighted by atomic mass is 10.1. The van der Waals surface area contributed by atoms with Crippen molar-refractivity contribution in [2.24, 2.45) is 0 Å². The van der Waals surface area contributed by atoms with Crippen LogP contribution in [0.3, 0.4) is 0 Å². The highest BCUT2D eigenvalue weighted by Gasteiger charge is 2.19. The summed E-state index contributed by atoms with van der Waals surface area (Å²) in [7, 11) is 1.89. The van der Waals surface area contributed by atoms with Gasteiger partial charge in [0.15, 0.2) is 0 Å². The zero-order valence-corrected chi connectivity index (χ0v) is 13.5. The molecule has 0 unspecified atom stereocenters. The van der Waals surface area contributed by atoms with Gasteiger partial charge in [0.1, 0.15) is 0 Å². The smallest absolute Gasteiger partial charge is 0.254 e. The molecule has 112 valence electrons. The number of hydrogen-bond donors (Lipinski definition) is 1. The first-order chi connectivity index (χ1) is 9.51. The Morgan fingerprint density at radius 3 is 2.50 bits per heavy atom. The molecule has 1 aromatic carbocycles. The van der Waals surface area contributed by atoms with E-state index in [0.717, 1.165) is 29.8 Å². The molecule has 3 heteroatoms. The number of aryl methyl sites for hydroxylation is 1. The van der Waals surface area contributed by atoms with Crippen molar-refractivity contribution in [3.05, 3.63) is 29.3 Å². The molecule has 1 N–H and O–H groups in total. The van der Waals surface area contributed by atoms with E-state index in [0.29, 0.717) is 0 Å². The average molecular weight is 276 g/mol. The summed E-state index contributed by atoms with van der Waals surface area (Å²) in [6, 6.07) is 6.16. The highest BCUT2D eigenvalue weighted by atomic mass is 16.2. The minimum Gasteiger partial charge on any atom is -0.388 e. The van der Waals surface area contributed by atoms with E-state index in [9.17, 15) is 4.79 Å². The predicted octanol–water partition coefficient (Wildman–Crippen LogP) is 4.08. The summed E-state index contributed by atoms with van der Waals surface area (Å²) in [6.45, 7) is 9.20. The Labute approximate surface area is 123 Å². The van der Waals surface area contributed by atoms with Crippen molar-refractivity contribution >= 4 is 11.6 Å². The molecule has 1 rings (SSSR count). The number of anilines is 1. The highest BCUT2D eigenvalue weighted by molar-refractivity contribution is 5.96. The lowest BCUT2D eigenvalue weighted by Gasteiger charge is -2.27. The molecule has 0 bridgehead atoms. The molecule has 3 nitrogen and oxygen atoms in total. The summed E-state index contributed by atoms with van der Waals surface area (Å²) in [4.78, 5) is 14.7. The van der Waals surface area contributed by atoms with Crippen LogP contribution in [0.15, 0.2) is 18.2 Å². The second kappa shape index (κ2) is 7.93. The SMILES string of the molecule is CCCCCN(C(=O)c1ccc(NC)cc1C)C(C)C. The molecular formula is C17H28N2O. The van der Waals surface area contributed by atoms with E-state index >= 15 is 0 Å². The summed E-state index contributed by atoms with van der Waals surface area (Å²) in [5.41, 5.74) is 2.89. The fourth-order valence-corrected chi connectivity index (χ4v) is 2.34. The summed E-state index contributed by atoms with van der Waals surface area (Å²) in [5.74, 6) is 0.149. The van der Waals surface area contributed by atoms with Crippen LogP contribution in [0.4, 0.5) is 5.69 Å². The fraction of sp³-hybridized carbons (Fsp3) is 0.588. The second-order valence-electron chi connectivity index (χ2n) is 5.58. The van der Waals surface area contributed by atoms with Crippen LogP contribution >= 0.6 is 0 Å². The molecule has 20 heavy (non-hydrogen) atoms. The summed E-state index contributed by atoms with van der Waals surface area (Å²) in [5, 5.41) is 3.10. The summed E-state index contributed by atoms with van der Waals surface area (Å²) < 4.78 is 0. The Morgan fingerprint density at radius 1 is 1.30 bits per heavy atom. The number of hydrogen-bond acceptors (Lipinski definition) is 2. The Hall–Kier alpha value is -1.51. The minimum atomic E-state index is 0.149. The van der Waals surface area contributed by atoms with E-state index in [-0.39, 0.29) is 11.9 Å². The highest BCUT2D eigenvalue weighted by Crippen LogP contribution is 2.18. The van der Waals surface area contributed by atoms with E-state index in [4.69, 9.17) is 0 Å². The number of unbranched alkanes of at least 4 members (excludes halogenated alkanes) is 2. The molecule has 0 saturated heterocycles. The van der Waals surface area contributed by atoms with E-state index in [1.807, 2.05) is 37.1 Å². The van der Waals surface area contributed by atoms with Crippen molar-refractivity contribution in [2.45, 2.75) is 53.0 Å². The maximum atomic E-state index is 12.7. The van der Waals surface area contributed by atoms with E-state index in [1.165, 1.54) is 12.8 Å². The molecule has 0 aliphatic carbocycles. The van der Waals surface area contributed by atoms with Crippen molar-refractivity contribution < 1.29 is 4.79 Å². The van der Waals surface area contributed by atoms with Crippen molar-refractivity contribution in [1.29, 1.82) is 0 Å². The summed E-state index contributed by atoms with van der Waals surface area (Å²) >= 11 is 0. The third kappa shape index (κ3) is 4.26. The zero-order valence-electron chi connectivity index (χ0n) is 13.5. The Bertz CT molecular complexity index is 441. The maximum absolute atomic E-state index is 12.7. The maximum Gasteiger partial charge on any atom is 0.254 e. The van der Waals surface area contributed by atoms with E-state index in [2.05, 4.69) is 26.1 Å². The molecule has 0 fully saturated rings. The van der Waals surface area contributed by atoms with Crippen LogP contribution < -0.4 is 5.32 Å². The first-order valence-electron chi connectivity index (χ1n) is 7.60. The van der Waals surface area contributed by atoms with Crippen LogP contribution in [0, 0.1) is 6.92 Å². The number of carbonyl (C=O) groups excluding carboxylic acids is 1. The monoisotopic (exact) mass is 276 g/mol. The van der Waals surface area contributed by atoms with Gasteiger partial charge in [0, 0.05) is 30.9 Å². The topological polar surface area (TPSA) is 32.3 Å². The molecule has 0 saturated carbocycles. The average Bonchev–Trinajstić information content (AvgIpc) is 2.42. The van der Waals surface area contributed by atoms with Crippen LogP contribution in [-0.4, -0.2) is 30.4 Å². The lowest BCUT2D eigenvalue weighted by Crippen LogP contribution is -2.38. The van der Waals surface area contributed by atoms with Crippen LogP contribution in [0.5, 0.6) is 0 Å². The standard InChI is InChI=1S/C17H28N2O/c1-6-7-8-11-19(13(2)3)17(20)16-10-9-15(18-5)12-14(16)4/h9-10,12-13,18H,6-8,11H2,1-5H3. The third-order valence-corrected chi connectivity index (χ3v) is 3.63. The Balaban J connectivity index is 2.88. The van der Waals surface area contributed by atoms with E-state index < -0.39 is 0 Å². The van der Waals surface area contributed by atoms with Gasteiger partial charge in [-0.2, -0.15) is 0 Å². The van der Waals surface area contributed by atoms with Gasteiger partial charge in [0.25, 0.3) is 5.91 Å². The summed E-state index contributed by atoms with van der Waals surface area (Å²) in [6.07, 6.45) is 3.43. The van der Waals surface area contributed by atoms with Gasteiger partial charge < -0.3 is 10.2 Å². The first-order valence-corrected chi connectivity index (χ1v) is 7.60. The number of carbonyl (C=O) groups is 1. The first kappa shape index (κ1) is 16.5. The largest absolute Gasteiger partial charge is 0.388 e. The van der Waals surface area contributed by atoms with Gasteiger partial charge >= 0.3 is 0 Å². The van der Waals surface area contributed by atoms with Gasteiger partial charge in [0.2, 0.25) is 0 Å². The molecule has 0 heterocycles. The molecule has 0 aliphatic heterocycles. The Morgan fingerprint density at radius 2 is 2.00 bits per heavy atom. The van der Waals surface area contributed by atoms with Crippen molar-refractivity contribution in [2.75, 3.05) is 18.9 Å². The van der Waals surface area contributed by atoms with Gasteiger partial charge in [0.05, 0.1) is 0 Å². The molecule has 1 amide bonds. The molecular weight excluding hydrogens is 248 g/mol. The van der Waals surface area contributed by atoms with E-state index in [1.54, 1.807) is 0 Å². The molecule has 0 atom stereocenters. The van der Waals surface area contributed by atoms with Crippen LogP contribution in [-0.2, 0) is 0 Å².